The molecule has 0 unspecified atom stereocenters. The predicted octanol–water partition coefficient (Wildman–Crippen LogP) is 3.24. The van der Waals surface area contributed by atoms with Gasteiger partial charge in [0.05, 0.1) is 32.9 Å². The van der Waals surface area contributed by atoms with Gasteiger partial charge in [-0.1, -0.05) is 18.2 Å². The molecule has 0 fully saturated rings. The van der Waals surface area contributed by atoms with Gasteiger partial charge in [-0.05, 0) is 48.7 Å². The fourth-order valence-electron chi connectivity index (χ4n) is 3.66. The molecule has 1 heterocycles. The van der Waals surface area contributed by atoms with Crippen molar-refractivity contribution in [2.45, 2.75) is 19.4 Å². The van der Waals surface area contributed by atoms with Gasteiger partial charge in [0.1, 0.15) is 5.75 Å². The quantitative estimate of drug-likeness (QED) is 0.718. The first kappa shape index (κ1) is 21.2. The third-order valence-electron chi connectivity index (χ3n) is 5.20. The second kappa shape index (κ2) is 8.90. The van der Waals surface area contributed by atoms with Gasteiger partial charge < -0.3 is 24.2 Å². The molecular weight excluding hydrogens is 386 g/mol. The molecule has 0 saturated carbocycles. The Bertz CT molecular complexity index is 980. The highest BCUT2D eigenvalue weighted by Crippen LogP contribution is 2.38. The first-order valence-corrected chi connectivity index (χ1v) is 9.51. The summed E-state index contributed by atoms with van der Waals surface area (Å²) in [5.74, 6) is 0.498. The summed E-state index contributed by atoms with van der Waals surface area (Å²) in [6.45, 7) is 1.67. The number of methoxy groups -OCH3 is 3. The molecule has 0 aliphatic carbocycles. The van der Waals surface area contributed by atoms with Crippen molar-refractivity contribution in [3.8, 4) is 17.2 Å². The Kier molecular flexibility index (Phi) is 6.30. The Hall–Kier alpha value is -3.48. The summed E-state index contributed by atoms with van der Waals surface area (Å²) >= 11 is 0. The standard InChI is InChI=1S/C23H25NO6/c1-14(25)20-21(16-6-8-17(28-2)9-7-16)24(23(27)22(20)26)12-11-15-5-10-18(29-3)19(13-15)30-4/h5-10,13,21,26H,11-12H2,1-4H3/t21-/m1/s1. The second-order valence-corrected chi connectivity index (χ2v) is 6.93. The molecule has 158 valence electrons. The lowest BCUT2D eigenvalue weighted by Crippen LogP contribution is -2.32. The van der Waals surface area contributed by atoms with Crippen LogP contribution in [-0.4, -0.2) is 49.6 Å². The van der Waals surface area contributed by atoms with Gasteiger partial charge in [-0.25, -0.2) is 0 Å². The van der Waals surface area contributed by atoms with Crippen LogP contribution in [0.25, 0.3) is 0 Å². The van der Waals surface area contributed by atoms with E-state index in [0.717, 1.165) is 11.1 Å². The van der Waals surface area contributed by atoms with E-state index in [1.54, 1.807) is 51.7 Å². The fourth-order valence-corrected chi connectivity index (χ4v) is 3.66. The van der Waals surface area contributed by atoms with Gasteiger partial charge in [-0.2, -0.15) is 0 Å². The molecule has 1 amide bonds. The molecule has 0 aromatic heterocycles. The fraction of sp³-hybridized carbons (Fsp3) is 0.304. The van der Waals surface area contributed by atoms with Crippen LogP contribution in [0.15, 0.2) is 53.8 Å². The van der Waals surface area contributed by atoms with Crippen LogP contribution in [-0.2, 0) is 16.0 Å². The largest absolute Gasteiger partial charge is 0.503 e. The van der Waals surface area contributed by atoms with Crippen molar-refractivity contribution in [3.63, 3.8) is 0 Å². The number of amides is 1. The third-order valence-corrected chi connectivity index (χ3v) is 5.20. The molecule has 2 aromatic carbocycles. The van der Waals surface area contributed by atoms with Gasteiger partial charge in [0.25, 0.3) is 5.91 Å². The number of aliphatic hydroxyl groups excluding tert-OH is 1. The maximum atomic E-state index is 12.8. The number of nitrogens with zero attached hydrogens (tertiary/aromatic N) is 1. The topological polar surface area (TPSA) is 85.3 Å². The summed E-state index contributed by atoms with van der Waals surface area (Å²) in [4.78, 5) is 26.5. The molecule has 1 atom stereocenters. The average molecular weight is 411 g/mol. The molecule has 7 heteroatoms. The van der Waals surface area contributed by atoms with Crippen LogP contribution < -0.4 is 14.2 Å². The first-order valence-electron chi connectivity index (χ1n) is 9.51. The van der Waals surface area contributed by atoms with Gasteiger partial charge in [-0.3, -0.25) is 9.59 Å². The van der Waals surface area contributed by atoms with E-state index in [9.17, 15) is 14.7 Å². The number of hydrogen-bond donors (Lipinski definition) is 1. The molecule has 1 aliphatic heterocycles. The predicted molar refractivity (Wildman–Crippen MR) is 111 cm³/mol. The van der Waals surface area contributed by atoms with Crippen molar-refractivity contribution in [1.29, 1.82) is 0 Å². The van der Waals surface area contributed by atoms with E-state index in [1.807, 2.05) is 12.1 Å². The lowest BCUT2D eigenvalue weighted by molar-refractivity contribution is -0.129. The highest BCUT2D eigenvalue weighted by molar-refractivity contribution is 6.08. The number of hydrogen-bond acceptors (Lipinski definition) is 6. The van der Waals surface area contributed by atoms with Gasteiger partial charge in [-0.15, -0.1) is 0 Å². The van der Waals surface area contributed by atoms with Crippen LogP contribution in [0.5, 0.6) is 17.2 Å². The van der Waals surface area contributed by atoms with Crippen molar-refractivity contribution in [2.24, 2.45) is 0 Å². The molecule has 0 saturated heterocycles. The molecule has 0 radical (unpaired) electrons. The summed E-state index contributed by atoms with van der Waals surface area (Å²) in [6, 6.07) is 12.0. The highest BCUT2D eigenvalue weighted by atomic mass is 16.5. The SMILES string of the molecule is COc1ccc([C@@H]2C(C(C)=O)=C(O)C(=O)N2CCc2ccc(OC)c(OC)c2)cc1. The number of rotatable bonds is 8. The van der Waals surface area contributed by atoms with E-state index in [4.69, 9.17) is 14.2 Å². The maximum absolute atomic E-state index is 12.8. The van der Waals surface area contributed by atoms with Crippen molar-refractivity contribution in [3.05, 3.63) is 64.9 Å². The molecule has 7 nitrogen and oxygen atoms in total. The number of aliphatic hydroxyl groups is 1. The van der Waals surface area contributed by atoms with Gasteiger partial charge in [0.2, 0.25) is 0 Å². The van der Waals surface area contributed by atoms with E-state index < -0.39 is 17.7 Å². The molecule has 1 N–H and O–H groups in total. The summed E-state index contributed by atoms with van der Waals surface area (Å²) in [5, 5.41) is 10.4. The smallest absolute Gasteiger partial charge is 0.290 e. The first-order chi connectivity index (χ1) is 14.4. The van der Waals surface area contributed by atoms with Crippen molar-refractivity contribution >= 4 is 11.7 Å². The molecule has 30 heavy (non-hydrogen) atoms. The summed E-state index contributed by atoms with van der Waals surface area (Å²) in [6.07, 6.45) is 0.511. The van der Waals surface area contributed by atoms with Crippen LogP contribution in [0.4, 0.5) is 0 Å². The number of carbonyl (C=O) groups is 2. The Morgan fingerprint density at radius 1 is 1.00 bits per heavy atom. The summed E-state index contributed by atoms with van der Waals surface area (Å²) < 4.78 is 15.8. The number of benzene rings is 2. The molecule has 0 bridgehead atoms. The van der Waals surface area contributed by atoms with Gasteiger partial charge in [0, 0.05) is 6.54 Å². The Labute approximate surface area is 175 Å². The molecule has 2 aromatic rings. The van der Waals surface area contributed by atoms with Crippen molar-refractivity contribution in [1.82, 2.24) is 4.90 Å². The van der Waals surface area contributed by atoms with E-state index >= 15 is 0 Å². The van der Waals surface area contributed by atoms with Crippen molar-refractivity contribution < 1.29 is 28.9 Å². The molecular formula is C23H25NO6. The van der Waals surface area contributed by atoms with Crippen LogP contribution in [0.2, 0.25) is 0 Å². The number of ether oxygens (including phenoxy) is 3. The van der Waals surface area contributed by atoms with E-state index in [0.29, 0.717) is 30.2 Å². The zero-order valence-corrected chi connectivity index (χ0v) is 17.5. The van der Waals surface area contributed by atoms with Crippen molar-refractivity contribution in [2.75, 3.05) is 27.9 Å². The number of Topliss-reactive ketones (excluding diaryl/α,β-unsaturated/α-hetero) is 1. The third kappa shape index (κ3) is 3.96. The van der Waals surface area contributed by atoms with Gasteiger partial charge in [0.15, 0.2) is 23.0 Å². The lowest BCUT2D eigenvalue weighted by atomic mass is 9.96. The normalized spacial score (nSPS) is 16.1. The lowest BCUT2D eigenvalue weighted by Gasteiger charge is -2.27. The molecule has 3 rings (SSSR count). The van der Waals surface area contributed by atoms with Crippen LogP contribution in [0.3, 0.4) is 0 Å². The minimum Gasteiger partial charge on any atom is -0.503 e. The van der Waals surface area contributed by atoms with Crippen LogP contribution >= 0.6 is 0 Å². The highest BCUT2D eigenvalue weighted by Gasteiger charge is 2.42. The minimum absolute atomic E-state index is 0.109. The monoisotopic (exact) mass is 411 g/mol. The number of ketones is 1. The zero-order chi connectivity index (χ0) is 21.8. The van der Waals surface area contributed by atoms with Crippen LogP contribution in [0, 0.1) is 0 Å². The van der Waals surface area contributed by atoms with E-state index in [1.165, 1.54) is 11.8 Å². The maximum Gasteiger partial charge on any atom is 0.290 e. The second-order valence-electron chi connectivity index (χ2n) is 6.93. The Morgan fingerprint density at radius 3 is 2.23 bits per heavy atom. The Balaban J connectivity index is 1.89. The Morgan fingerprint density at radius 2 is 1.67 bits per heavy atom. The molecule has 1 aliphatic rings. The summed E-state index contributed by atoms with van der Waals surface area (Å²) in [5.41, 5.74) is 1.77. The van der Waals surface area contributed by atoms with Crippen LogP contribution in [0.1, 0.15) is 24.1 Å². The average Bonchev–Trinajstić information content (AvgIpc) is 3.02. The van der Waals surface area contributed by atoms with E-state index in [2.05, 4.69) is 0 Å². The minimum atomic E-state index is -0.652. The van der Waals surface area contributed by atoms with E-state index in [-0.39, 0.29) is 11.4 Å². The molecule has 0 spiro atoms. The zero-order valence-electron chi connectivity index (χ0n) is 17.5. The summed E-state index contributed by atoms with van der Waals surface area (Å²) in [7, 11) is 4.69. The number of carbonyl (C=O) groups excluding carboxylic acids is 2. The van der Waals surface area contributed by atoms with Gasteiger partial charge >= 0.3 is 0 Å².